The molecular weight excluding hydrogens is 356 g/mol. The fourth-order valence-electron chi connectivity index (χ4n) is 3.18. The highest BCUT2D eigenvalue weighted by Gasteiger charge is 2.15. The lowest BCUT2D eigenvalue weighted by atomic mass is 10.1. The van der Waals surface area contributed by atoms with Gasteiger partial charge in [0.1, 0.15) is 5.01 Å². The van der Waals surface area contributed by atoms with Gasteiger partial charge in [-0.1, -0.05) is 25.1 Å². The maximum absolute atomic E-state index is 12.1. The summed E-state index contributed by atoms with van der Waals surface area (Å²) in [6.07, 6.45) is 1.29. The number of hydrogen-bond acceptors (Lipinski definition) is 5. The molecule has 1 aliphatic rings. The number of nitrogens with one attached hydrogen (secondary N) is 1. The summed E-state index contributed by atoms with van der Waals surface area (Å²) in [6.45, 7) is 9.58. The van der Waals surface area contributed by atoms with Gasteiger partial charge in [-0.05, 0) is 32.0 Å². The van der Waals surface area contributed by atoms with Crippen molar-refractivity contribution in [3.8, 4) is 10.6 Å². The highest BCUT2D eigenvalue weighted by Crippen LogP contribution is 2.25. The molecule has 0 aliphatic carbocycles. The van der Waals surface area contributed by atoms with E-state index >= 15 is 0 Å². The van der Waals surface area contributed by atoms with Crippen LogP contribution >= 0.6 is 11.3 Å². The minimum absolute atomic E-state index is 0.0463. The van der Waals surface area contributed by atoms with E-state index in [0.29, 0.717) is 6.42 Å². The van der Waals surface area contributed by atoms with Crippen LogP contribution in [-0.4, -0.2) is 60.0 Å². The lowest BCUT2D eigenvalue weighted by Gasteiger charge is -2.32. The molecule has 1 fully saturated rings. The van der Waals surface area contributed by atoms with Crippen LogP contribution in [0.4, 0.5) is 0 Å². The van der Waals surface area contributed by atoms with Crippen molar-refractivity contribution in [3.05, 3.63) is 40.9 Å². The van der Waals surface area contributed by atoms with Crippen molar-refractivity contribution in [1.29, 1.82) is 0 Å². The molecule has 0 spiro atoms. The summed E-state index contributed by atoms with van der Waals surface area (Å²) < 4.78 is 0. The van der Waals surface area contributed by atoms with Gasteiger partial charge in [0.2, 0.25) is 5.91 Å². The SMILES string of the molecule is CCC(C)NC(=O)Cc1csc(-c2cccc(CN3CCN(C)CC3)c2)n1. The summed E-state index contributed by atoms with van der Waals surface area (Å²) in [5, 5.41) is 5.99. The standard InChI is InChI=1S/C21H30N4OS/c1-4-16(2)22-20(26)13-19-15-27-21(23-19)18-7-5-6-17(12-18)14-25-10-8-24(3)9-11-25/h5-7,12,15-16H,4,8-11,13-14H2,1-3H3,(H,22,26). The van der Waals surface area contributed by atoms with Gasteiger partial charge in [-0.3, -0.25) is 9.69 Å². The maximum Gasteiger partial charge on any atom is 0.226 e. The van der Waals surface area contributed by atoms with Gasteiger partial charge in [-0.2, -0.15) is 0 Å². The Labute approximate surface area is 166 Å². The summed E-state index contributed by atoms with van der Waals surface area (Å²) in [4.78, 5) is 21.6. The predicted molar refractivity (Wildman–Crippen MR) is 112 cm³/mol. The minimum atomic E-state index is 0.0463. The Kier molecular flexibility index (Phi) is 6.99. The van der Waals surface area contributed by atoms with Crippen molar-refractivity contribution in [2.45, 2.75) is 39.3 Å². The summed E-state index contributed by atoms with van der Waals surface area (Å²) in [5.41, 5.74) is 3.31. The van der Waals surface area contributed by atoms with Crippen molar-refractivity contribution < 1.29 is 4.79 Å². The molecule has 1 aromatic carbocycles. The van der Waals surface area contributed by atoms with E-state index in [1.807, 2.05) is 12.3 Å². The molecule has 0 saturated carbocycles. The molecule has 146 valence electrons. The Hall–Kier alpha value is -1.76. The third-order valence-corrected chi connectivity index (χ3v) is 6.03. The molecular formula is C21H30N4OS. The quantitative estimate of drug-likeness (QED) is 0.795. The van der Waals surface area contributed by atoms with E-state index in [4.69, 9.17) is 0 Å². The molecule has 3 rings (SSSR count). The van der Waals surface area contributed by atoms with Gasteiger partial charge in [-0.25, -0.2) is 4.98 Å². The molecule has 1 atom stereocenters. The zero-order valence-corrected chi connectivity index (χ0v) is 17.4. The Bertz CT molecular complexity index is 752. The summed E-state index contributed by atoms with van der Waals surface area (Å²) in [5.74, 6) is 0.0463. The number of amides is 1. The highest BCUT2D eigenvalue weighted by atomic mass is 32.1. The minimum Gasteiger partial charge on any atom is -0.353 e. The normalized spacial score (nSPS) is 17.0. The number of likely N-dealkylation sites (N-methyl/N-ethyl adjacent to an activating group) is 1. The van der Waals surface area contributed by atoms with Gasteiger partial charge in [0.15, 0.2) is 0 Å². The van der Waals surface area contributed by atoms with Crippen LogP contribution in [0.5, 0.6) is 0 Å². The molecule has 0 bridgehead atoms. The number of hydrogen-bond donors (Lipinski definition) is 1. The number of nitrogens with zero attached hydrogens (tertiary/aromatic N) is 3. The number of carbonyl (C=O) groups excluding carboxylic acids is 1. The molecule has 1 amide bonds. The molecule has 5 nitrogen and oxygen atoms in total. The van der Waals surface area contributed by atoms with Crippen LogP contribution in [0.25, 0.3) is 10.6 Å². The molecule has 1 saturated heterocycles. The van der Waals surface area contributed by atoms with E-state index < -0.39 is 0 Å². The zero-order chi connectivity index (χ0) is 19.2. The first-order valence-electron chi connectivity index (χ1n) is 9.77. The molecule has 1 N–H and O–H groups in total. The fourth-order valence-corrected chi connectivity index (χ4v) is 4.00. The molecule has 27 heavy (non-hydrogen) atoms. The van der Waals surface area contributed by atoms with Crippen LogP contribution < -0.4 is 5.32 Å². The van der Waals surface area contributed by atoms with Gasteiger partial charge in [0.25, 0.3) is 0 Å². The average Bonchev–Trinajstić information content (AvgIpc) is 3.12. The predicted octanol–water partition coefficient (Wildman–Crippen LogP) is 3.01. The monoisotopic (exact) mass is 386 g/mol. The molecule has 0 radical (unpaired) electrons. The van der Waals surface area contributed by atoms with Crippen LogP contribution in [0.3, 0.4) is 0 Å². The summed E-state index contributed by atoms with van der Waals surface area (Å²) in [6, 6.07) is 8.85. The van der Waals surface area contributed by atoms with Crippen LogP contribution in [-0.2, 0) is 17.8 Å². The second-order valence-corrected chi connectivity index (χ2v) is 8.34. The smallest absolute Gasteiger partial charge is 0.226 e. The number of thiazole rings is 1. The van der Waals surface area contributed by atoms with E-state index in [9.17, 15) is 4.79 Å². The van der Waals surface area contributed by atoms with Gasteiger partial charge in [-0.15, -0.1) is 11.3 Å². The Morgan fingerprint density at radius 1 is 1.30 bits per heavy atom. The summed E-state index contributed by atoms with van der Waals surface area (Å²) in [7, 11) is 2.18. The Morgan fingerprint density at radius 2 is 2.07 bits per heavy atom. The molecule has 2 aromatic rings. The molecule has 6 heteroatoms. The lowest BCUT2D eigenvalue weighted by molar-refractivity contribution is -0.121. The average molecular weight is 387 g/mol. The van der Waals surface area contributed by atoms with E-state index in [-0.39, 0.29) is 11.9 Å². The van der Waals surface area contributed by atoms with Crippen LogP contribution in [0.15, 0.2) is 29.6 Å². The van der Waals surface area contributed by atoms with E-state index in [1.165, 1.54) is 5.56 Å². The first-order valence-corrected chi connectivity index (χ1v) is 10.7. The first-order chi connectivity index (χ1) is 13.0. The van der Waals surface area contributed by atoms with Crippen LogP contribution in [0.1, 0.15) is 31.5 Å². The molecule has 2 heterocycles. The summed E-state index contributed by atoms with van der Waals surface area (Å²) >= 11 is 1.61. The number of carbonyl (C=O) groups is 1. The molecule has 1 aromatic heterocycles. The number of benzene rings is 1. The zero-order valence-electron chi connectivity index (χ0n) is 16.6. The first kappa shape index (κ1) is 20.0. The van der Waals surface area contributed by atoms with Crippen molar-refractivity contribution in [1.82, 2.24) is 20.1 Å². The third-order valence-electron chi connectivity index (χ3n) is 5.09. The van der Waals surface area contributed by atoms with Crippen molar-refractivity contribution >= 4 is 17.2 Å². The van der Waals surface area contributed by atoms with Crippen LogP contribution in [0.2, 0.25) is 0 Å². The highest BCUT2D eigenvalue weighted by molar-refractivity contribution is 7.13. The largest absolute Gasteiger partial charge is 0.353 e. The lowest BCUT2D eigenvalue weighted by Crippen LogP contribution is -2.43. The molecule has 1 aliphatic heterocycles. The molecule has 1 unspecified atom stereocenters. The second-order valence-electron chi connectivity index (χ2n) is 7.48. The van der Waals surface area contributed by atoms with Gasteiger partial charge in [0.05, 0.1) is 12.1 Å². The number of aromatic nitrogens is 1. The second kappa shape index (κ2) is 9.44. The van der Waals surface area contributed by atoms with Gasteiger partial charge >= 0.3 is 0 Å². The van der Waals surface area contributed by atoms with E-state index in [0.717, 1.165) is 55.4 Å². The third kappa shape index (κ3) is 5.86. The maximum atomic E-state index is 12.1. The van der Waals surface area contributed by atoms with E-state index in [1.54, 1.807) is 11.3 Å². The van der Waals surface area contributed by atoms with Gasteiger partial charge in [0, 0.05) is 49.7 Å². The van der Waals surface area contributed by atoms with Crippen LogP contribution in [0, 0.1) is 0 Å². The van der Waals surface area contributed by atoms with E-state index in [2.05, 4.69) is 58.3 Å². The topological polar surface area (TPSA) is 48.5 Å². The Balaban J connectivity index is 1.61. The number of piperazine rings is 1. The van der Waals surface area contributed by atoms with Crippen molar-refractivity contribution in [2.75, 3.05) is 33.2 Å². The van der Waals surface area contributed by atoms with Crippen molar-refractivity contribution in [2.24, 2.45) is 0 Å². The number of rotatable bonds is 7. The van der Waals surface area contributed by atoms with Crippen molar-refractivity contribution in [3.63, 3.8) is 0 Å². The van der Waals surface area contributed by atoms with Gasteiger partial charge < -0.3 is 10.2 Å². The Morgan fingerprint density at radius 3 is 2.81 bits per heavy atom. The fraction of sp³-hybridized carbons (Fsp3) is 0.524.